The van der Waals surface area contributed by atoms with Gasteiger partial charge in [-0.05, 0) is 46.2 Å². The summed E-state index contributed by atoms with van der Waals surface area (Å²) in [6.45, 7) is 6.47. The Morgan fingerprint density at radius 2 is 1.83 bits per heavy atom. The summed E-state index contributed by atoms with van der Waals surface area (Å²) in [7, 11) is 0. The van der Waals surface area contributed by atoms with Crippen LogP contribution in [-0.4, -0.2) is 11.8 Å². The van der Waals surface area contributed by atoms with Gasteiger partial charge in [0.25, 0.3) is 0 Å². The van der Waals surface area contributed by atoms with Crippen molar-refractivity contribution in [3.05, 3.63) is 87.3 Å². The van der Waals surface area contributed by atoms with E-state index in [1.54, 1.807) is 36.4 Å². The van der Waals surface area contributed by atoms with Gasteiger partial charge in [0.15, 0.2) is 5.76 Å². The number of ether oxygens (including phenoxy) is 2. The molecule has 0 bridgehead atoms. The first-order valence-corrected chi connectivity index (χ1v) is 10.1. The summed E-state index contributed by atoms with van der Waals surface area (Å²) in [4.78, 5) is 25.3. The molecule has 2 aromatic carbocycles. The van der Waals surface area contributed by atoms with Crippen LogP contribution in [0.3, 0.4) is 0 Å². The lowest BCUT2D eigenvalue weighted by Gasteiger charge is -2.18. The second-order valence-corrected chi connectivity index (χ2v) is 8.78. The SMILES string of the molecule is CC(C)(C)c1ccc(C=C2Oc3cc(OC(=O)c4cccs4)ccc3C2=O)cc1. The molecule has 0 atom stereocenters. The zero-order chi connectivity index (χ0) is 20.6. The second-order valence-electron chi connectivity index (χ2n) is 7.84. The third kappa shape index (κ3) is 4.00. The van der Waals surface area contributed by atoms with E-state index in [0.29, 0.717) is 21.9 Å². The van der Waals surface area contributed by atoms with Gasteiger partial charge >= 0.3 is 5.97 Å². The van der Waals surface area contributed by atoms with Crippen molar-refractivity contribution in [3.63, 3.8) is 0 Å². The Kier molecular flexibility index (Phi) is 4.84. The zero-order valence-corrected chi connectivity index (χ0v) is 17.2. The van der Waals surface area contributed by atoms with Gasteiger partial charge in [0.2, 0.25) is 5.78 Å². The molecule has 0 aliphatic carbocycles. The number of hydrogen-bond acceptors (Lipinski definition) is 5. The van der Waals surface area contributed by atoms with Crippen LogP contribution in [0.25, 0.3) is 6.08 Å². The van der Waals surface area contributed by atoms with Crippen molar-refractivity contribution >= 4 is 29.2 Å². The third-order valence-electron chi connectivity index (χ3n) is 4.65. The van der Waals surface area contributed by atoms with E-state index in [2.05, 4.69) is 32.9 Å². The van der Waals surface area contributed by atoms with E-state index in [-0.39, 0.29) is 17.0 Å². The minimum absolute atomic E-state index is 0.0680. The Balaban J connectivity index is 1.53. The summed E-state index contributed by atoms with van der Waals surface area (Å²) < 4.78 is 11.1. The third-order valence-corrected chi connectivity index (χ3v) is 5.50. The van der Waals surface area contributed by atoms with Crippen molar-refractivity contribution in [3.8, 4) is 11.5 Å². The minimum Gasteiger partial charge on any atom is -0.452 e. The summed E-state index contributed by atoms with van der Waals surface area (Å²) in [5.74, 6) is 0.370. The molecule has 2 heterocycles. The number of esters is 1. The largest absolute Gasteiger partial charge is 0.452 e. The number of fused-ring (bicyclic) bond motifs is 1. The number of rotatable bonds is 3. The molecule has 0 radical (unpaired) electrons. The smallest absolute Gasteiger partial charge is 0.353 e. The monoisotopic (exact) mass is 404 g/mol. The molecular formula is C24H20O4S. The summed E-state index contributed by atoms with van der Waals surface area (Å²) in [5, 5.41) is 1.81. The van der Waals surface area contributed by atoms with Crippen molar-refractivity contribution < 1.29 is 19.1 Å². The molecule has 1 aromatic heterocycles. The van der Waals surface area contributed by atoms with E-state index in [4.69, 9.17) is 9.47 Å². The van der Waals surface area contributed by atoms with E-state index < -0.39 is 5.97 Å². The molecule has 0 fully saturated rings. The number of benzene rings is 2. The van der Waals surface area contributed by atoms with Crippen LogP contribution in [0, 0.1) is 0 Å². The van der Waals surface area contributed by atoms with Gasteiger partial charge in [-0.2, -0.15) is 0 Å². The molecule has 0 spiro atoms. The Morgan fingerprint density at radius 3 is 2.48 bits per heavy atom. The fourth-order valence-corrected chi connectivity index (χ4v) is 3.61. The molecule has 3 aromatic rings. The van der Waals surface area contributed by atoms with Crippen molar-refractivity contribution in [2.45, 2.75) is 26.2 Å². The van der Waals surface area contributed by atoms with Crippen LogP contribution in [0.1, 0.15) is 51.9 Å². The number of hydrogen-bond donors (Lipinski definition) is 0. The molecule has 0 saturated heterocycles. The van der Waals surface area contributed by atoms with Gasteiger partial charge in [0, 0.05) is 6.07 Å². The molecule has 4 rings (SSSR count). The molecule has 0 amide bonds. The van der Waals surface area contributed by atoms with Crippen LogP contribution in [-0.2, 0) is 5.41 Å². The standard InChI is InChI=1S/C24H20O4S/c1-24(2,3)16-8-6-15(7-9-16)13-20-22(25)18-11-10-17(14-19(18)28-20)27-23(26)21-5-4-12-29-21/h4-14H,1-3H3. The summed E-state index contributed by atoms with van der Waals surface area (Å²) in [6, 6.07) is 16.3. The molecule has 0 N–H and O–H groups in total. The molecule has 29 heavy (non-hydrogen) atoms. The van der Waals surface area contributed by atoms with Gasteiger partial charge in [-0.25, -0.2) is 4.79 Å². The Hall–Kier alpha value is -3.18. The average Bonchev–Trinajstić information content (AvgIpc) is 3.31. The maximum absolute atomic E-state index is 12.6. The zero-order valence-electron chi connectivity index (χ0n) is 16.4. The molecule has 146 valence electrons. The van der Waals surface area contributed by atoms with Gasteiger partial charge in [-0.15, -0.1) is 11.3 Å². The normalized spacial score (nSPS) is 14.6. The van der Waals surface area contributed by atoms with Crippen LogP contribution in [0.15, 0.2) is 65.7 Å². The molecule has 0 saturated carbocycles. The first-order chi connectivity index (χ1) is 13.8. The number of ketones is 1. The van der Waals surface area contributed by atoms with Crippen LogP contribution >= 0.6 is 11.3 Å². The molecule has 0 unspecified atom stereocenters. The highest BCUT2D eigenvalue weighted by Crippen LogP contribution is 2.35. The number of carbonyl (C=O) groups excluding carboxylic acids is 2. The lowest BCUT2D eigenvalue weighted by molar-refractivity contribution is 0.0739. The Labute approximate surface area is 173 Å². The van der Waals surface area contributed by atoms with E-state index >= 15 is 0 Å². The van der Waals surface area contributed by atoms with E-state index in [1.807, 2.05) is 17.5 Å². The maximum Gasteiger partial charge on any atom is 0.353 e. The first kappa shape index (κ1) is 19.2. The molecule has 1 aliphatic heterocycles. The van der Waals surface area contributed by atoms with Crippen LogP contribution in [0.2, 0.25) is 0 Å². The lowest BCUT2D eigenvalue weighted by atomic mass is 9.86. The highest BCUT2D eigenvalue weighted by Gasteiger charge is 2.28. The van der Waals surface area contributed by atoms with Crippen molar-refractivity contribution in [2.75, 3.05) is 0 Å². The van der Waals surface area contributed by atoms with Crippen molar-refractivity contribution in [1.29, 1.82) is 0 Å². The molecular weight excluding hydrogens is 384 g/mol. The van der Waals surface area contributed by atoms with Gasteiger partial charge in [0.1, 0.15) is 16.4 Å². The van der Waals surface area contributed by atoms with Gasteiger partial charge in [-0.1, -0.05) is 51.1 Å². The summed E-state index contributed by atoms with van der Waals surface area (Å²) in [6.07, 6.45) is 1.73. The Bertz CT molecular complexity index is 1100. The number of allylic oxidation sites excluding steroid dienone is 1. The second kappa shape index (κ2) is 7.33. The van der Waals surface area contributed by atoms with E-state index in [1.165, 1.54) is 16.9 Å². The topological polar surface area (TPSA) is 52.6 Å². The average molecular weight is 404 g/mol. The van der Waals surface area contributed by atoms with Crippen molar-refractivity contribution in [2.24, 2.45) is 0 Å². The van der Waals surface area contributed by atoms with Crippen LogP contribution in [0.4, 0.5) is 0 Å². The van der Waals surface area contributed by atoms with Gasteiger partial charge in [-0.3, -0.25) is 4.79 Å². The predicted molar refractivity (Wildman–Crippen MR) is 114 cm³/mol. The van der Waals surface area contributed by atoms with Crippen molar-refractivity contribution in [1.82, 2.24) is 0 Å². The maximum atomic E-state index is 12.6. The highest BCUT2D eigenvalue weighted by atomic mass is 32.1. The fourth-order valence-electron chi connectivity index (χ4n) is 3.01. The molecule has 1 aliphatic rings. The minimum atomic E-state index is -0.432. The first-order valence-electron chi connectivity index (χ1n) is 9.26. The van der Waals surface area contributed by atoms with Crippen LogP contribution < -0.4 is 9.47 Å². The van der Waals surface area contributed by atoms with Gasteiger partial charge < -0.3 is 9.47 Å². The summed E-state index contributed by atoms with van der Waals surface area (Å²) >= 11 is 1.31. The van der Waals surface area contributed by atoms with E-state index in [0.717, 1.165) is 5.56 Å². The number of carbonyl (C=O) groups is 2. The Morgan fingerprint density at radius 1 is 1.07 bits per heavy atom. The molecule has 4 nitrogen and oxygen atoms in total. The number of thiophene rings is 1. The summed E-state index contributed by atoms with van der Waals surface area (Å²) in [5.41, 5.74) is 2.63. The van der Waals surface area contributed by atoms with Gasteiger partial charge in [0.05, 0.1) is 5.56 Å². The van der Waals surface area contributed by atoms with Crippen LogP contribution in [0.5, 0.6) is 11.5 Å². The predicted octanol–water partition coefficient (Wildman–Crippen LogP) is 5.88. The van der Waals surface area contributed by atoms with E-state index in [9.17, 15) is 9.59 Å². The molecule has 5 heteroatoms. The highest BCUT2D eigenvalue weighted by molar-refractivity contribution is 7.12. The quantitative estimate of drug-likeness (QED) is 0.311. The lowest BCUT2D eigenvalue weighted by Crippen LogP contribution is -2.10. The fraction of sp³-hybridized carbons (Fsp3) is 0.167. The number of Topliss-reactive ketones (excluding diaryl/α,β-unsaturated/α-hetero) is 1.